The number of carbonyl (C=O) groups is 1. The molecule has 0 aromatic heterocycles. The van der Waals surface area contributed by atoms with Gasteiger partial charge < -0.3 is 15.8 Å². The molecule has 3 N–H and O–H groups in total. The average Bonchev–Trinajstić information content (AvgIpc) is 3.08. The maximum Gasteiger partial charge on any atom is 0.237 e. The summed E-state index contributed by atoms with van der Waals surface area (Å²) >= 11 is 0. The van der Waals surface area contributed by atoms with Crippen LogP contribution in [0.15, 0.2) is 24.3 Å². The van der Waals surface area contributed by atoms with E-state index >= 15 is 0 Å². The van der Waals surface area contributed by atoms with Gasteiger partial charge in [-0.25, -0.2) is 0 Å². The minimum Gasteiger partial charge on any atom is -0.497 e. The number of carbonyl (C=O) groups excluding carboxylic acids is 1. The molecular weight excluding hydrogens is 373 g/mol. The van der Waals surface area contributed by atoms with Crippen molar-refractivity contribution in [2.24, 2.45) is 11.1 Å². The Labute approximate surface area is 169 Å². The SMILES string of the molecule is COc1ccc(C(CNC(=O)[C@@H](N)C(C)(C)C)N2CCCC2)cc1.Cl.Cl. The molecule has 0 bridgehead atoms. The predicted molar refractivity (Wildman–Crippen MR) is 111 cm³/mol. The maximum absolute atomic E-state index is 12.4. The fourth-order valence-corrected chi connectivity index (χ4v) is 3.04. The minimum atomic E-state index is -0.507. The summed E-state index contributed by atoms with van der Waals surface area (Å²) in [7, 11) is 1.67. The molecule has 1 aliphatic rings. The number of nitrogens with zero attached hydrogens (tertiary/aromatic N) is 1. The summed E-state index contributed by atoms with van der Waals surface area (Å²) in [6.45, 7) is 8.67. The van der Waals surface area contributed by atoms with Gasteiger partial charge in [0, 0.05) is 6.54 Å². The lowest BCUT2D eigenvalue weighted by atomic mass is 9.87. The number of likely N-dealkylation sites (tertiary alicyclic amines) is 1. The zero-order valence-corrected chi connectivity index (χ0v) is 17.8. The van der Waals surface area contributed by atoms with Crippen molar-refractivity contribution >= 4 is 30.7 Å². The first-order valence-electron chi connectivity index (χ1n) is 8.74. The Morgan fingerprint density at radius 1 is 1.19 bits per heavy atom. The second-order valence-corrected chi connectivity index (χ2v) is 7.62. The highest BCUT2D eigenvalue weighted by Crippen LogP contribution is 2.26. The molecule has 1 amide bonds. The van der Waals surface area contributed by atoms with Crippen molar-refractivity contribution in [3.05, 3.63) is 29.8 Å². The number of ether oxygens (including phenoxy) is 1. The van der Waals surface area contributed by atoms with Gasteiger partial charge in [-0.05, 0) is 49.0 Å². The average molecular weight is 406 g/mol. The maximum atomic E-state index is 12.4. The zero-order chi connectivity index (χ0) is 17.7. The smallest absolute Gasteiger partial charge is 0.237 e. The van der Waals surface area contributed by atoms with Gasteiger partial charge in [0.05, 0.1) is 19.2 Å². The molecule has 1 saturated heterocycles. The van der Waals surface area contributed by atoms with Gasteiger partial charge in [-0.1, -0.05) is 32.9 Å². The molecule has 150 valence electrons. The first kappa shape index (κ1) is 25.0. The van der Waals surface area contributed by atoms with Crippen LogP contribution in [0.1, 0.15) is 45.2 Å². The molecule has 1 fully saturated rings. The lowest BCUT2D eigenvalue weighted by molar-refractivity contribution is -0.124. The van der Waals surface area contributed by atoms with Gasteiger partial charge in [-0.2, -0.15) is 0 Å². The molecular formula is C19H33Cl2N3O2. The molecule has 7 heteroatoms. The summed E-state index contributed by atoms with van der Waals surface area (Å²) in [6.07, 6.45) is 2.42. The van der Waals surface area contributed by atoms with Crippen LogP contribution in [0.2, 0.25) is 0 Å². The normalized spacial score (nSPS) is 16.8. The van der Waals surface area contributed by atoms with Crippen LogP contribution in [0.3, 0.4) is 0 Å². The number of hydrogen-bond donors (Lipinski definition) is 2. The quantitative estimate of drug-likeness (QED) is 0.762. The third kappa shape index (κ3) is 6.62. The Hall–Kier alpha value is -1.01. The largest absolute Gasteiger partial charge is 0.497 e. The Kier molecular flexibility index (Phi) is 10.5. The standard InChI is InChI=1S/C19H31N3O2.2ClH/c1-19(2,3)17(20)18(23)21-13-16(22-11-5-6-12-22)14-7-9-15(24-4)10-8-14;;/h7-10,16-17H,5-6,11-13,20H2,1-4H3,(H,21,23);2*1H/t16?,17-;;/m1../s1. The zero-order valence-electron chi connectivity index (χ0n) is 16.2. The van der Waals surface area contributed by atoms with Gasteiger partial charge in [0.2, 0.25) is 5.91 Å². The molecule has 1 aromatic carbocycles. The van der Waals surface area contributed by atoms with Crippen molar-refractivity contribution in [2.75, 3.05) is 26.7 Å². The van der Waals surface area contributed by atoms with E-state index in [1.807, 2.05) is 32.9 Å². The van der Waals surface area contributed by atoms with Crippen molar-refractivity contribution in [3.8, 4) is 5.75 Å². The second-order valence-electron chi connectivity index (χ2n) is 7.62. The van der Waals surface area contributed by atoms with Crippen LogP contribution in [0.25, 0.3) is 0 Å². The van der Waals surface area contributed by atoms with E-state index in [1.165, 1.54) is 18.4 Å². The van der Waals surface area contributed by atoms with E-state index in [1.54, 1.807) is 7.11 Å². The van der Waals surface area contributed by atoms with E-state index in [0.717, 1.165) is 18.8 Å². The monoisotopic (exact) mass is 405 g/mol. The molecule has 2 rings (SSSR count). The Morgan fingerprint density at radius 3 is 2.19 bits per heavy atom. The van der Waals surface area contributed by atoms with Gasteiger partial charge in [0.25, 0.3) is 0 Å². The van der Waals surface area contributed by atoms with Crippen LogP contribution in [0, 0.1) is 5.41 Å². The summed E-state index contributed by atoms with van der Waals surface area (Å²) in [4.78, 5) is 14.8. The van der Waals surface area contributed by atoms with Crippen molar-refractivity contribution in [1.82, 2.24) is 10.2 Å². The summed E-state index contributed by atoms with van der Waals surface area (Å²) < 4.78 is 5.24. The van der Waals surface area contributed by atoms with Gasteiger partial charge in [-0.15, -0.1) is 24.8 Å². The van der Waals surface area contributed by atoms with Crippen molar-refractivity contribution in [3.63, 3.8) is 0 Å². The number of rotatable bonds is 6. The van der Waals surface area contributed by atoms with E-state index < -0.39 is 6.04 Å². The van der Waals surface area contributed by atoms with Crippen LogP contribution in [0.5, 0.6) is 5.75 Å². The molecule has 1 unspecified atom stereocenters. The summed E-state index contributed by atoms with van der Waals surface area (Å²) in [5.41, 5.74) is 7.02. The molecule has 1 heterocycles. The first-order valence-corrected chi connectivity index (χ1v) is 8.74. The summed E-state index contributed by atoms with van der Waals surface area (Å²) in [5, 5.41) is 3.06. The van der Waals surface area contributed by atoms with Crippen LogP contribution >= 0.6 is 24.8 Å². The molecule has 0 aliphatic carbocycles. The van der Waals surface area contributed by atoms with Crippen LogP contribution in [-0.4, -0.2) is 43.6 Å². The molecule has 0 saturated carbocycles. The first-order chi connectivity index (χ1) is 11.3. The van der Waals surface area contributed by atoms with Gasteiger partial charge in [-0.3, -0.25) is 9.69 Å². The molecule has 0 radical (unpaired) electrons. The number of halogens is 2. The van der Waals surface area contributed by atoms with E-state index in [0.29, 0.717) is 6.54 Å². The van der Waals surface area contributed by atoms with Crippen molar-refractivity contribution in [2.45, 2.75) is 45.7 Å². The van der Waals surface area contributed by atoms with Crippen molar-refractivity contribution < 1.29 is 9.53 Å². The Bertz CT molecular complexity index is 541. The molecule has 2 atom stereocenters. The molecule has 5 nitrogen and oxygen atoms in total. The number of benzene rings is 1. The molecule has 26 heavy (non-hydrogen) atoms. The number of nitrogens with one attached hydrogen (secondary N) is 1. The molecule has 1 aliphatic heterocycles. The number of amides is 1. The van der Waals surface area contributed by atoms with Crippen molar-refractivity contribution in [1.29, 1.82) is 0 Å². The Balaban J connectivity index is 0.00000312. The van der Waals surface area contributed by atoms with E-state index in [-0.39, 0.29) is 42.2 Å². The lowest BCUT2D eigenvalue weighted by Crippen LogP contribution is -2.50. The van der Waals surface area contributed by atoms with E-state index in [9.17, 15) is 4.79 Å². The topological polar surface area (TPSA) is 67.6 Å². The highest BCUT2D eigenvalue weighted by Gasteiger charge is 2.29. The third-order valence-electron chi connectivity index (χ3n) is 4.77. The number of hydrogen-bond acceptors (Lipinski definition) is 4. The number of methoxy groups -OCH3 is 1. The molecule has 1 aromatic rings. The predicted octanol–water partition coefficient (Wildman–Crippen LogP) is 3.17. The highest BCUT2D eigenvalue weighted by atomic mass is 35.5. The van der Waals surface area contributed by atoms with Crippen LogP contribution < -0.4 is 15.8 Å². The lowest BCUT2D eigenvalue weighted by Gasteiger charge is -2.30. The second kappa shape index (κ2) is 11.0. The van der Waals surface area contributed by atoms with Crippen LogP contribution in [-0.2, 0) is 4.79 Å². The summed E-state index contributed by atoms with van der Waals surface area (Å²) in [6, 6.07) is 7.78. The van der Waals surface area contributed by atoms with Gasteiger partial charge in [0.15, 0.2) is 0 Å². The Morgan fingerprint density at radius 2 is 1.73 bits per heavy atom. The summed E-state index contributed by atoms with van der Waals surface area (Å²) in [5.74, 6) is 0.762. The minimum absolute atomic E-state index is 0. The van der Waals surface area contributed by atoms with Gasteiger partial charge in [0.1, 0.15) is 5.75 Å². The van der Waals surface area contributed by atoms with E-state index in [4.69, 9.17) is 10.5 Å². The number of nitrogens with two attached hydrogens (primary N) is 1. The fourth-order valence-electron chi connectivity index (χ4n) is 3.04. The van der Waals surface area contributed by atoms with Gasteiger partial charge >= 0.3 is 0 Å². The van der Waals surface area contributed by atoms with Crippen LogP contribution in [0.4, 0.5) is 0 Å². The van der Waals surface area contributed by atoms with E-state index in [2.05, 4.69) is 22.3 Å². The fraction of sp³-hybridized carbons (Fsp3) is 0.632. The molecule has 0 spiro atoms. The third-order valence-corrected chi connectivity index (χ3v) is 4.77. The highest BCUT2D eigenvalue weighted by molar-refractivity contribution is 5.85.